The van der Waals surface area contributed by atoms with Crippen LogP contribution in [0.3, 0.4) is 0 Å². The van der Waals surface area contributed by atoms with Crippen LogP contribution in [0.2, 0.25) is 0 Å². The van der Waals surface area contributed by atoms with Crippen molar-refractivity contribution in [2.45, 2.75) is 12.3 Å². The summed E-state index contributed by atoms with van der Waals surface area (Å²) in [5.74, 6) is 1.59. The van der Waals surface area contributed by atoms with Crippen LogP contribution < -0.4 is 10.2 Å². The number of fused-ring (bicyclic) bond motifs is 1. The van der Waals surface area contributed by atoms with Gasteiger partial charge in [-0.3, -0.25) is 4.98 Å². The minimum absolute atomic E-state index is 0.0808. The van der Waals surface area contributed by atoms with Crippen molar-refractivity contribution in [2.24, 2.45) is 4.99 Å². The van der Waals surface area contributed by atoms with Gasteiger partial charge in [-0.2, -0.15) is 4.98 Å². The fourth-order valence-electron chi connectivity index (χ4n) is 3.85. The summed E-state index contributed by atoms with van der Waals surface area (Å²) in [6, 6.07) is 8.33. The number of nitrogens with zero attached hydrogens (tertiary/aromatic N) is 7. The second-order valence-corrected chi connectivity index (χ2v) is 7.86. The lowest BCUT2D eigenvalue weighted by molar-refractivity contribution is 0.122. The number of aromatic nitrogens is 4. The molecule has 1 atom stereocenters. The number of hydrogen-bond acceptors (Lipinski definition) is 8. The molecule has 0 radical (unpaired) electrons. The third-order valence-corrected chi connectivity index (χ3v) is 5.53. The number of anilines is 3. The van der Waals surface area contributed by atoms with Crippen LogP contribution >= 0.6 is 0 Å². The number of benzene rings is 1. The molecular formula is C22H26N8O. The highest BCUT2D eigenvalue weighted by Gasteiger charge is 2.20. The molecule has 2 aromatic heterocycles. The monoisotopic (exact) mass is 418 g/mol. The fraction of sp³-hybridized carbons (Fsp3) is 0.364. The predicted molar refractivity (Wildman–Crippen MR) is 121 cm³/mol. The molecule has 4 heterocycles. The number of rotatable bonds is 5. The summed E-state index contributed by atoms with van der Waals surface area (Å²) in [6.45, 7) is 3.40. The Hall–Kier alpha value is -3.46. The highest BCUT2D eigenvalue weighted by molar-refractivity contribution is 5.73. The maximum atomic E-state index is 5.43. The van der Waals surface area contributed by atoms with Gasteiger partial charge in [0.15, 0.2) is 5.65 Å². The summed E-state index contributed by atoms with van der Waals surface area (Å²) in [5, 5.41) is 7.89. The Morgan fingerprint density at radius 1 is 1.13 bits per heavy atom. The SMILES string of the molecule is CN(C)C1=CCC(c2nccn3nc(Nc4ccc(N5CCOCC5)cc4)nc23)C=N1. The number of aliphatic imine (C=N–C) groups is 1. The van der Waals surface area contributed by atoms with Crippen LogP contribution in [-0.4, -0.2) is 71.1 Å². The summed E-state index contributed by atoms with van der Waals surface area (Å²) in [6.07, 6.45) is 8.49. The van der Waals surface area contributed by atoms with E-state index in [2.05, 4.69) is 55.6 Å². The van der Waals surface area contributed by atoms with Crippen LogP contribution in [0.4, 0.5) is 17.3 Å². The summed E-state index contributed by atoms with van der Waals surface area (Å²) in [5.41, 5.74) is 3.77. The van der Waals surface area contributed by atoms with E-state index in [4.69, 9.17) is 9.72 Å². The first kappa shape index (κ1) is 19.5. The third-order valence-electron chi connectivity index (χ3n) is 5.53. The van der Waals surface area contributed by atoms with E-state index in [0.29, 0.717) is 5.95 Å². The molecule has 0 spiro atoms. The van der Waals surface area contributed by atoms with Crippen molar-refractivity contribution in [1.29, 1.82) is 0 Å². The normalized spacial score (nSPS) is 18.8. The van der Waals surface area contributed by atoms with E-state index in [1.807, 2.05) is 31.4 Å². The molecule has 31 heavy (non-hydrogen) atoms. The van der Waals surface area contributed by atoms with E-state index in [0.717, 1.165) is 55.6 Å². The zero-order valence-electron chi connectivity index (χ0n) is 17.8. The van der Waals surface area contributed by atoms with E-state index in [-0.39, 0.29) is 5.92 Å². The van der Waals surface area contributed by atoms with Gasteiger partial charge in [0.2, 0.25) is 5.95 Å². The molecule has 1 saturated heterocycles. The Bertz CT molecular complexity index is 1110. The molecule has 2 aliphatic rings. The molecule has 1 fully saturated rings. The number of hydrogen-bond donors (Lipinski definition) is 1. The van der Waals surface area contributed by atoms with Crippen LogP contribution in [0.1, 0.15) is 18.0 Å². The van der Waals surface area contributed by atoms with E-state index >= 15 is 0 Å². The first-order chi connectivity index (χ1) is 15.2. The molecule has 0 bridgehead atoms. The maximum Gasteiger partial charge on any atom is 0.247 e. The van der Waals surface area contributed by atoms with Crippen molar-refractivity contribution in [3.05, 3.63) is 54.3 Å². The van der Waals surface area contributed by atoms with Crippen molar-refractivity contribution in [2.75, 3.05) is 50.6 Å². The summed E-state index contributed by atoms with van der Waals surface area (Å²) < 4.78 is 7.20. The quantitative estimate of drug-likeness (QED) is 0.682. The number of nitrogens with one attached hydrogen (secondary N) is 1. The van der Waals surface area contributed by atoms with Crippen LogP contribution in [0.5, 0.6) is 0 Å². The summed E-state index contributed by atoms with van der Waals surface area (Å²) >= 11 is 0. The predicted octanol–water partition coefficient (Wildman–Crippen LogP) is 2.67. The van der Waals surface area contributed by atoms with Crippen molar-refractivity contribution in [1.82, 2.24) is 24.5 Å². The average Bonchev–Trinajstić information content (AvgIpc) is 3.23. The van der Waals surface area contributed by atoms with Crippen molar-refractivity contribution in [3.8, 4) is 0 Å². The molecule has 1 unspecified atom stereocenters. The largest absolute Gasteiger partial charge is 0.378 e. The lowest BCUT2D eigenvalue weighted by Gasteiger charge is -2.28. The zero-order valence-corrected chi connectivity index (χ0v) is 17.8. The van der Waals surface area contributed by atoms with Gasteiger partial charge in [0.1, 0.15) is 5.82 Å². The van der Waals surface area contributed by atoms with Gasteiger partial charge >= 0.3 is 0 Å². The molecule has 0 aliphatic carbocycles. The molecule has 5 rings (SSSR count). The van der Waals surface area contributed by atoms with E-state index < -0.39 is 0 Å². The first-order valence-corrected chi connectivity index (χ1v) is 10.5. The minimum atomic E-state index is 0.0808. The molecule has 9 nitrogen and oxygen atoms in total. The number of ether oxygens (including phenoxy) is 1. The van der Waals surface area contributed by atoms with Gasteiger partial charge in [-0.25, -0.2) is 9.51 Å². The van der Waals surface area contributed by atoms with Crippen LogP contribution in [0.25, 0.3) is 5.65 Å². The van der Waals surface area contributed by atoms with E-state index in [1.54, 1.807) is 10.7 Å². The second kappa shape index (κ2) is 8.35. The third kappa shape index (κ3) is 4.09. The highest BCUT2D eigenvalue weighted by atomic mass is 16.5. The summed E-state index contributed by atoms with van der Waals surface area (Å²) in [4.78, 5) is 18.2. The summed E-state index contributed by atoms with van der Waals surface area (Å²) in [7, 11) is 3.98. The molecular weight excluding hydrogens is 392 g/mol. The Kier molecular flexibility index (Phi) is 5.25. The Labute approximate surface area is 181 Å². The lowest BCUT2D eigenvalue weighted by atomic mass is 10.0. The molecule has 9 heteroatoms. The molecule has 1 aromatic carbocycles. The lowest BCUT2D eigenvalue weighted by Crippen LogP contribution is -2.36. The van der Waals surface area contributed by atoms with Gasteiger partial charge in [-0.05, 0) is 36.8 Å². The smallest absolute Gasteiger partial charge is 0.247 e. The van der Waals surface area contributed by atoms with Gasteiger partial charge in [-0.1, -0.05) is 0 Å². The number of allylic oxidation sites excluding steroid dienone is 1. The van der Waals surface area contributed by atoms with Gasteiger partial charge in [0.05, 0.1) is 18.9 Å². The van der Waals surface area contributed by atoms with Gasteiger partial charge in [0.25, 0.3) is 0 Å². The molecule has 0 saturated carbocycles. The Balaban J connectivity index is 1.34. The van der Waals surface area contributed by atoms with E-state index in [9.17, 15) is 0 Å². The first-order valence-electron chi connectivity index (χ1n) is 10.5. The van der Waals surface area contributed by atoms with Gasteiger partial charge in [0, 0.05) is 63.1 Å². The van der Waals surface area contributed by atoms with E-state index in [1.165, 1.54) is 5.69 Å². The topological polar surface area (TPSA) is 83.2 Å². The fourth-order valence-corrected chi connectivity index (χ4v) is 3.85. The molecule has 3 aromatic rings. The molecule has 160 valence electrons. The minimum Gasteiger partial charge on any atom is -0.378 e. The molecule has 0 amide bonds. The van der Waals surface area contributed by atoms with Gasteiger partial charge < -0.3 is 19.9 Å². The highest BCUT2D eigenvalue weighted by Crippen LogP contribution is 2.26. The molecule has 2 aliphatic heterocycles. The Morgan fingerprint density at radius 3 is 2.65 bits per heavy atom. The van der Waals surface area contributed by atoms with Gasteiger partial charge in [-0.15, -0.1) is 5.10 Å². The number of morpholine rings is 1. The molecule has 1 N–H and O–H groups in total. The van der Waals surface area contributed by atoms with Crippen molar-refractivity contribution in [3.63, 3.8) is 0 Å². The van der Waals surface area contributed by atoms with Crippen molar-refractivity contribution < 1.29 is 4.74 Å². The Morgan fingerprint density at radius 2 is 1.94 bits per heavy atom. The maximum absolute atomic E-state index is 5.43. The zero-order chi connectivity index (χ0) is 21.2. The average molecular weight is 419 g/mol. The van der Waals surface area contributed by atoms with Crippen LogP contribution in [0.15, 0.2) is 53.5 Å². The van der Waals surface area contributed by atoms with Crippen LogP contribution in [0, 0.1) is 0 Å². The standard InChI is InChI=1S/C22H26N8O/c1-28(2)19-8-3-16(15-24-19)20-21-26-22(27-30(21)10-9-23-20)25-17-4-6-18(7-5-17)29-11-13-31-14-12-29/h4-10,15-16H,3,11-14H2,1-2H3,(H,25,27). The second-order valence-electron chi connectivity index (χ2n) is 7.86. The van der Waals surface area contributed by atoms with Crippen LogP contribution in [-0.2, 0) is 4.74 Å². The van der Waals surface area contributed by atoms with Crippen molar-refractivity contribution >= 4 is 29.2 Å².